The summed E-state index contributed by atoms with van der Waals surface area (Å²) in [6.07, 6.45) is 4.54. The van der Waals surface area contributed by atoms with Gasteiger partial charge in [-0.2, -0.15) is 0 Å². The molecular formula is C22H29N3O5S. The standard InChI is InChI=1S/C22H29N3O5S/c1-17-7-10-20(11-8-17)31(26,27)25(3)21-12-9-19(16-23-21)18(2)24-30-15-14-29-22-6-4-5-13-28-22/h7-12,16,22H,4-6,13-15H2,1-3H3. The topological polar surface area (TPSA) is 90.3 Å². The van der Waals surface area contributed by atoms with Gasteiger partial charge in [-0.3, -0.25) is 4.31 Å². The van der Waals surface area contributed by atoms with Crippen molar-refractivity contribution in [1.29, 1.82) is 0 Å². The fourth-order valence-corrected chi connectivity index (χ4v) is 4.18. The van der Waals surface area contributed by atoms with E-state index in [4.69, 9.17) is 14.3 Å². The fourth-order valence-electron chi connectivity index (χ4n) is 3.03. The van der Waals surface area contributed by atoms with Crippen molar-refractivity contribution in [2.45, 2.75) is 44.3 Å². The lowest BCUT2D eigenvalue weighted by Gasteiger charge is -2.22. The van der Waals surface area contributed by atoms with Crippen LogP contribution >= 0.6 is 0 Å². The van der Waals surface area contributed by atoms with Gasteiger partial charge < -0.3 is 14.3 Å². The highest BCUT2D eigenvalue weighted by Gasteiger charge is 2.22. The molecule has 0 bridgehead atoms. The zero-order valence-corrected chi connectivity index (χ0v) is 19.0. The molecule has 2 aromatic rings. The Morgan fingerprint density at radius 1 is 1.19 bits per heavy atom. The van der Waals surface area contributed by atoms with Crippen LogP contribution in [0.25, 0.3) is 0 Å². The summed E-state index contributed by atoms with van der Waals surface area (Å²) >= 11 is 0. The number of hydrogen-bond acceptors (Lipinski definition) is 7. The van der Waals surface area contributed by atoms with Crippen LogP contribution in [0.4, 0.5) is 5.82 Å². The molecule has 0 saturated carbocycles. The molecule has 1 unspecified atom stereocenters. The molecule has 8 nitrogen and oxygen atoms in total. The van der Waals surface area contributed by atoms with Crippen LogP contribution in [0, 0.1) is 6.92 Å². The van der Waals surface area contributed by atoms with E-state index in [1.807, 2.05) is 6.92 Å². The first-order valence-corrected chi connectivity index (χ1v) is 11.7. The molecule has 1 saturated heterocycles. The number of anilines is 1. The number of ether oxygens (including phenoxy) is 2. The number of hydrogen-bond donors (Lipinski definition) is 0. The Kier molecular flexibility index (Phi) is 8.00. The number of oxime groups is 1. The molecular weight excluding hydrogens is 418 g/mol. The van der Waals surface area contributed by atoms with Crippen LogP contribution in [-0.2, 0) is 24.3 Å². The van der Waals surface area contributed by atoms with Crippen molar-refractivity contribution in [1.82, 2.24) is 4.98 Å². The molecule has 1 aliphatic heterocycles. The molecule has 0 N–H and O–H groups in total. The van der Waals surface area contributed by atoms with Crippen LogP contribution in [-0.4, -0.2) is 52.3 Å². The van der Waals surface area contributed by atoms with E-state index in [2.05, 4.69) is 10.1 Å². The highest BCUT2D eigenvalue weighted by atomic mass is 32.2. The van der Waals surface area contributed by atoms with E-state index in [9.17, 15) is 8.42 Å². The van der Waals surface area contributed by atoms with E-state index in [0.29, 0.717) is 24.7 Å². The Morgan fingerprint density at radius 3 is 2.61 bits per heavy atom. The first kappa shape index (κ1) is 23.2. The van der Waals surface area contributed by atoms with Gasteiger partial charge in [-0.05, 0) is 57.4 Å². The maximum absolute atomic E-state index is 12.8. The maximum atomic E-state index is 12.8. The van der Waals surface area contributed by atoms with Crippen LogP contribution in [0.1, 0.15) is 37.3 Å². The van der Waals surface area contributed by atoms with Crippen LogP contribution in [0.3, 0.4) is 0 Å². The summed E-state index contributed by atoms with van der Waals surface area (Å²) in [6.45, 7) is 5.18. The lowest BCUT2D eigenvalue weighted by molar-refractivity contribution is -0.169. The monoisotopic (exact) mass is 447 g/mol. The summed E-state index contributed by atoms with van der Waals surface area (Å²) in [4.78, 5) is 9.82. The minimum Gasteiger partial charge on any atom is -0.393 e. The summed E-state index contributed by atoms with van der Waals surface area (Å²) in [5, 5.41) is 4.08. The Labute approximate surface area is 183 Å². The van der Waals surface area contributed by atoms with Gasteiger partial charge in [0, 0.05) is 25.4 Å². The molecule has 168 valence electrons. The van der Waals surface area contributed by atoms with Crippen molar-refractivity contribution in [3.63, 3.8) is 0 Å². The average Bonchev–Trinajstić information content (AvgIpc) is 2.79. The van der Waals surface area contributed by atoms with Crippen molar-refractivity contribution in [3.8, 4) is 0 Å². The number of nitrogens with zero attached hydrogens (tertiary/aromatic N) is 3. The molecule has 9 heteroatoms. The number of aromatic nitrogens is 1. The maximum Gasteiger partial charge on any atom is 0.265 e. The van der Waals surface area contributed by atoms with Crippen molar-refractivity contribution < 1.29 is 22.7 Å². The first-order valence-electron chi connectivity index (χ1n) is 10.3. The second kappa shape index (κ2) is 10.7. The van der Waals surface area contributed by atoms with Crippen molar-refractivity contribution >= 4 is 21.6 Å². The first-order chi connectivity index (χ1) is 14.9. The highest BCUT2D eigenvalue weighted by Crippen LogP contribution is 2.21. The molecule has 1 atom stereocenters. The van der Waals surface area contributed by atoms with Crippen molar-refractivity contribution in [2.75, 3.05) is 31.2 Å². The molecule has 3 rings (SSSR count). The van der Waals surface area contributed by atoms with E-state index in [-0.39, 0.29) is 11.2 Å². The Balaban J connectivity index is 1.54. The molecule has 2 heterocycles. The van der Waals surface area contributed by atoms with Gasteiger partial charge in [-0.1, -0.05) is 22.9 Å². The third-order valence-corrected chi connectivity index (χ3v) is 6.76. The van der Waals surface area contributed by atoms with E-state index < -0.39 is 10.0 Å². The summed E-state index contributed by atoms with van der Waals surface area (Å²) in [7, 11) is -2.20. The zero-order valence-electron chi connectivity index (χ0n) is 18.2. The van der Waals surface area contributed by atoms with Crippen LogP contribution in [0.15, 0.2) is 52.6 Å². The van der Waals surface area contributed by atoms with Gasteiger partial charge in [-0.25, -0.2) is 13.4 Å². The third kappa shape index (κ3) is 6.25. The Hall–Kier alpha value is -2.49. The van der Waals surface area contributed by atoms with Crippen molar-refractivity contribution in [3.05, 3.63) is 53.7 Å². The van der Waals surface area contributed by atoms with Gasteiger partial charge in [-0.15, -0.1) is 0 Å². The molecule has 1 fully saturated rings. The smallest absolute Gasteiger partial charge is 0.265 e. The molecule has 0 aliphatic carbocycles. The summed E-state index contributed by atoms with van der Waals surface area (Å²) in [5.74, 6) is 0.318. The Bertz CT molecular complexity index is 969. The average molecular weight is 448 g/mol. The summed E-state index contributed by atoms with van der Waals surface area (Å²) < 4.78 is 37.9. The normalized spacial score (nSPS) is 17.4. The number of pyridine rings is 1. The SMILES string of the molecule is CC(=NOCCOC1CCCCO1)c1ccc(N(C)S(=O)(=O)c2ccc(C)cc2)nc1. The van der Waals surface area contributed by atoms with Gasteiger partial charge in [0.1, 0.15) is 12.4 Å². The van der Waals surface area contributed by atoms with Gasteiger partial charge in [0.25, 0.3) is 10.0 Å². The number of sulfonamides is 1. The molecule has 0 amide bonds. The van der Waals surface area contributed by atoms with Gasteiger partial charge in [0.05, 0.1) is 17.2 Å². The van der Waals surface area contributed by atoms with E-state index in [0.717, 1.165) is 41.3 Å². The van der Waals surface area contributed by atoms with Crippen LogP contribution in [0.5, 0.6) is 0 Å². The quantitative estimate of drug-likeness (QED) is 0.332. The van der Waals surface area contributed by atoms with E-state index in [1.54, 1.807) is 49.5 Å². The lowest BCUT2D eigenvalue weighted by atomic mass is 10.2. The van der Waals surface area contributed by atoms with Crippen LogP contribution in [0.2, 0.25) is 0 Å². The van der Waals surface area contributed by atoms with Crippen molar-refractivity contribution in [2.24, 2.45) is 5.16 Å². The number of benzene rings is 1. The molecule has 31 heavy (non-hydrogen) atoms. The largest absolute Gasteiger partial charge is 0.393 e. The second-order valence-electron chi connectivity index (χ2n) is 7.37. The number of aryl methyl sites for hydroxylation is 1. The molecule has 1 aliphatic rings. The summed E-state index contributed by atoms with van der Waals surface area (Å²) in [6, 6.07) is 10.1. The number of rotatable bonds is 9. The predicted molar refractivity (Wildman–Crippen MR) is 119 cm³/mol. The Morgan fingerprint density at radius 2 is 1.97 bits per heavy atom. The van der Waals surface area contributed by atoms with Gasteiger partial charge in [0.2, 0.25) is 0 Å². The zero-order chi connectivity index (χ0) is 22.3. The minimum absolute atomic E-state index is 0.146. The molecule has 0 radical (unpaired) electrons. The van der Waals surface area contributed by atoms with Gasteiger partial charge in [0.15, 0.2) is 6.29 Å². The highest BCUT2D eigenvalue weighted by molar-refractivity contribution is 7.92. The van der Waals surface area contributed by atoms with E-state index in [1.165, 1.54) is 7.05 Å². The fraction of sp³-hybridized carbons (Fsp3) is 0.455. The minimum atomic E-state index is -3.68. The lowest BCUT2D eigenvalue weighted by Crippen LogP contribution is -2.27. The molecule has 0 spiro atoms. The second-order valence-corrected chi connectivity index (χ2v) is 9.34. The van der Waals surface area contributed by atoms with E-state index >= 15 is 0 Å². The summed E-state index contributed by atoms with van der Waals surface area (Å²) in [5.41, 5.74) is 2.37. The molecule has 1 aromatic carbocycles. The predicted octanol–water partition coefficient (Wildman–Crippen LogP) is 3.50. The third-order valence-electron chi connectivity index (χ3n) is 4.99. The van der Waals surface area contributed by atoms with Crippen LogP contribution < -0.4 is 4.31 Å². The molecule has 1 aromatic heterocycles. The van der Waals surface area contributed by atoms with Gasteiger partial charge >= 0.3 is 0 Å².